The van der Waals surface area contributed by atoms with Crippen molar-refractivity contribution in [3.63, 3.8) is 0 Å². The molecule has 1 aliphatic heterocycles. The van der Waals surface area contributed by atoms with E-state index in [0.717, 1.165) is 0 Å². The lowest BCUT2D eigenvalue weighted by molar-refractivity contribution is 0.718. The summed E-state index contributed by atoms with van der Waals surface area (Å²) in [6, 6.07) is 41.5. The molecule has 6 rings (SSSR count). The highest BCUT2D eigenvalue weighted by Crippen LogP contribution is 2.41. The van der Waals surface area contributed by atoms with Crippen LogP contribution >= 0.6 is 0 Å². The summed E-state index contributed by atoms with van der Waals surface area (Å²) >= 11 is 0. The summed E-state index contributed by atoms with van der Waals surface area (Å²) < 4.78 is 2.69. The average Bonchev–Trinajstić information content (AvgIpc) is 3.17. The van der Waals surface area contributed by atoms with Crippen LogP contribution in [0.5, 0.6) is 0 Å². The molecule has 0 saturated carbocycles. The van der Waals surface area contributed by atoms with Crippen molar-refractivity contribution >= 4 is 24.3 Å². The first kappa shape index (κ1) is 19.3. The van der Waals surface area contributed by atoms with Gasteiger partial charge in [0.05, 0.1) is 6.04 Å². The largest absolute Gasteiger partial charge is 0.336 e. The Labute approximate surface area is 191 Å². The van der Waals surface area contributed by atoms with E-state index in [1.165, 1.54) is 44.8 Å². The van der Waals surface area contributed by atoms with Gasteiger partial charge in [0.2, 0.25) is 0 Å². The van der Waals surface area contributed by atoms with Gasteiger partial charge in [-0.2, -0.15) is 0 Å². The second kappa shape index (κ2) is 7.35. The number of para-hydroxylation sites is 1. The lowest BCUT2D eigenvalue weighted by atomic mass is 9.98. The van der Waals surface area contributed by atoms with E-state index in [-0.39, 0.29) is 6.04 Å². The van der Waals surface area contributed by atoms with Crippen LogP contribution in [-0.4, -0.2) is 12.6 Å². The fourth-order valence-corrected chi connectivity index (χ4v) is 8.98. The van der Waals surface area contributed by atoms with Crippen molar-refractivity contribution in [1.29, 1.82) is 0 Å². The monoisotopic (exact) mass is 429 g/mol. The van der Waals surface area contributed by atoms with Gasteiger partial charge in [-0.15, -0.1) is 0 Å². The number of rotatable bonds is 3. The molecule has 156 valence electrons. The highest BCUT2D eigenvalue weighted by molar-refractivity contribution is 6.90. The third-order valence-electron chi connectivity index (χ3n) is 6.96. The molecule has 0 N–H and O–H groups in total. The van der Waals surface area contributed by atoms with Crippen LogP contribution in [0.3, 0.4) is 0 Å². The van der Waals surface area contributed by atoms with Gasteiger partial charge in [0.15, 0.2) is 0 Å². The average molecular weight is 430 g/mol. The molecule has 0 unspecified atom stereocenters. The van der Waals surface area contributed by atoms with Crippen LogP contribution in [0.25, 0.3) is 22.0 Å². The Morgan fingerprint density at radius 1 is 0.656 bits per heavy atom. The molecule has 2 heteroatoms. The van der Waals surface area contributed by atoms with Crippen LogP contribution in [0.1, 0.15) is 22.7 Å². The van der Waals surface area contributed by atoms with Crippen molar-refractivity contribution in [3.8, 4) is 11.1 Å². The summed E-state index contributed by atoms with van der Waals surface area (Å²) in [4.78, 5) is 0. The first-order valence-electron chi connectivity index (χ1n) is 11.5. The fourth-order valence-electron chi connectivity index (χ4n) is 5.71. The molecule has 0 saturated heterocycles. The first-order chi connectivity index (χ1) is 15.6. The van der Waals surface area contributed by atoms with Crippen molar-refractivity contribution in [1.82, 2.24) is 4.57 Å². The van der Waals surface area contributed by atoms with Crippen molar-refractivity contribution in [2.75, 3.05) is 0 Å². The molecule has 1 aromatic heterocycles. The maximum Gasteiger partial charge on any atom is 0.107 e. The molecule has 0 fully saturated rings. The molecule has 0 radical (unpaired) electrons. The third-order valence-corrected chi connectivity index (χ3v) is 10.00. The van der Waals surface area contributed by atoms with Crippen molar-refractivity contribution < 1.29 is 0 Å². The summed E-state index contributed by atoms with van der Waals surface area (Å²) in [6.45, 7) is 5.09. The van der Waals surface area contributed by atoms with E-state index in [1.54, 1.807) is 5.32 Å². The van der Waals surface area contributed by atoms with Gasteiger partial charge in [-0.25, -0.2) is 0 Å². The lowest BCUT2D eigenvalue weighted by Gasteiger charge is -2.35. The maximum absolute atomic E-state index is 2.69. The van der Waals surface area contributed by atoms with Gasteiger partial charge in [-0.1, -0.05) is 116 Å². The number of nitrogens with zero attached hydrogens (tertiary/aromatic N) is 1. The van der Waals surface area contributed by atoms with Gasteiger partial charge >= 0.3 is 0 Å². The van der Waals surface area contributed by atoms with E-state index in [2.05, 4.69) is 127 Å². The van der Waals surface area contributed by atoms with E-state index >= 15 is 0 Å². The zero-order valence-electron chi connectivity index (χ0n) is 18.6. The Bertz CT molecular complexity index is 1370. The molecule has 2 heterocycles. The minimum atomic E-state index is -1.76. The number of benzene rings is 4. The molecule has 0 spiro atoms. The Hall–Kier alpha value is -3.36. The molecule has 4 aromatic carbocycles. The normalized spacial score (nSPS) is 14.3. The third kappa shape index (κ3) is 2.90. The zero-order valence-corrected chi connectivity index (χ0v) is 19.6. The van der Waals surface area contributed by atoms with Gasteiger partial charge < -0.3 is 4.57 Å². The minimum Gasteiger partial charge on any atom is -0.336 e. The van der Waals surface area contributed by atoms with Crippen LogP contribution in [0, 0.1) is 0 Å². The molecular weight excluding hydrogens is 402 g/mol. The van der Waals surface area contributed by atoms with Crippen LogP contribution in [0.2, 0.25) is 13.1 Å². The predicted octanol–water partition coefficient (Wildman–Crippen LogP) is 6.96. The summed E-state index contributed by atoms with van der Waals surface area (Å²) in [5, 5.41) is 2.96. The molecular formula is C30H27NSi. The van der Waals surface area contributed by atoms with E-state index < -0.39 is 8.07 Å². The predicted molar refractivity (Wildman–Crippen MR) is 138 cm³/mol. The summed E-state index contributed by atoms with van der Waals surface area (Å²) in [6.07, 6.45) is 0. The second-order valence-corrected chi connectivity index (χ2v) is 14.1. The lowest BCUT2D eigenvalue weighted by Crippen LogP contribution is -2.52. The zero-order chi connectivity index (χ0) is 21.7. The van der Waals surface area contributed by atoms with Crippen molar-refractivity contribution in [3.05, 3.63) is 126 Å². The summed E-state index contributed by atoms with van der Waals surface area (Å²) in [7, 11) is -1.76. The topological polar surface area (TPSA) is 4.93 Å². The van der Waals surface area contributed by atoms with Crippen LogP contribution in [0.4, 0.5) is 0 Å². The first-order valence-corrected chi connectivity index (χ1v) is 14.7. The van der Waals surface area contributed by atoms with Gasteiger partial charge in [0.1, 0.15) is 8.07 Å². The molecule has 5 aromatic rings. The second-order valence-electron chi connectivity index (χ2n) is 9.55. The molecule has 32 heavy (non-hydrogen) atoms. The van der Waals surface area contributed by atoms with E-state index in [0.29, 0.717) is 0 Å². The summed E-state index contributed by atoms with van der Waals surface area (Å²) in [5.41, 5.74) is 8.42. The Balaban J connectivity index is 1.77. The molecule has 0 atom stereocenters. The molecule has 0 aliphatic carbocycles. The number of hydrogen-bond acceptors (Lipinski definition) is 0. The van der Waals surface area contributed by atoms with Crippen LogP contribution < -0.4 is 5.32 Å². The quantitative estimate of drug-likeness (QED) is 0.273. The van der Waals surface area contributed by atoms with Gasteiger partial charge in [-0.3, -0.25) is 0 Å². The number of hydrogen-bond donors (Lipinski definition) is 0. The van der Waals surface area contributed by atoms with Crippen LogP contribution in [0.15, 0.2) is 109 Å². The van der Waals surface area contributed by atoms with Gasteiger partial charge in [-0.05, 0) is 34.4 Å². The minimum absolute atomic E-state index is 0.156. The molecule has 1 nitrogen and oxygen atoms in total. The highest BCUT2D eigenvalue weighted by Gasteiger charge is 2.39. The van der Waals surface area contributed by atoms with Crippen LogP contribution in [-0.2, 0) is 6.04 Å². The summed E-state index contributed by atoms with van der Waals surface area (Å²) in [5.74, 6) is 0. The highest BCUT2D eigenvalue weighted by atomic mass is 28.3. The number of fused-ring (bicyclic) bond motifs is 5. The maximum atomic E-state index is 2.69. The van der Waals surface area contributed by atoms with E-state index in [1.807, 2.05) is 0 Å². The van der Waals surface area contributed by atoms with Crippen molar-refractivity contribution in [2.45, 2.75) is 25.2 Å². The van der Waals surface area contributed by atoms with Gasteiger partial charge in [0, 0.05) is 21.8 Å². The van der Waals surface area contributed by atoms with E-state index in [9.17, 15) is 0 Å². The Morgan fingerprint density at radius 2 is 1.22 bits per heavy atom. The molecule has 1 aliphatic rings. The smallest absolute Gasteiger partial charge is 0.107 e. The SMILES string of the molecule is C[Si]1(C)Cc2ccccc2-c2c1n(C(c1ccccc1)c1ccccc1)c1ccccc21. The molecule has 0 amide bonds. The Morgan fingerprint density at radius 3 is 1.91 bits per heavy atom. The fraction of sp³-hybridized carbons (Fsp3) is 0.133. The van der Waals surface area contributed by atoms with Crippen molar-refractivity contribution in [2.24, 2.45) is 0 Å². The Kier molecular flexibility index (Phi) is 4.44. The number of aromatic nitrogens is 1. The standard InChI is InChI=1S/C30H27NSi/c1-32(2)21-24-17-9-10-18-25(24)28-26-19-11-12-20-27(26)31(30(28)32)29(22-13-5-3-6-14-22)23-15-7-4-8-16-23/h3-20,29H,21H2,1-2H3. The van der Waals surface area contributed by atoms with E-state index in [4.69, 9.17) is 0 Å². The molecule has 0 bridgehead atoms. The van der Waals surface area contributed by atoms with Gasteiger partial charge in [0.25, 0.3) is 0 Å².